The first kappa shape index (κ1) is 24.9. The molecule has 2 N–H and O–H groups in total. The van der Waals surface area contributed by atoms with Gasteiger partial charge in [-0.15, -0.1) is 11.3 Å². The Labute approximate surface area is 200 Å². The maximum Gasteiger partial charge on any atom is 0.279 e. The number of likely N-dealkylation sites (tertiary alicyclic amines) is 1. The molecular weight excluding hydrogens is 436 g/mol. The number of thiophene rings is 1. The van der Waals surface area contributed by atoms with Gasteiger partial charge in [-0.3, -0.25) is 14.4 Å². The highest BCUT2D eigenvalue weighted by Gasteiger charge is 2.34. The van der Waals surface area contributed by atoms with Crippen LogP contribution in [0.5, 0.6) is 0 Å². The van der Waals surface area contributed by atoms with Crippen molar-refractivity contribution in [1.29, 1.82) is 0 Å². The minimum absolute atomic E-state index is 0.0382. The predicted octanol–water partition coefficient (Wildman–Crippen LogP) is 3.40. The number of benzene rings is 1. The zero-order valence-corrected chi connectivity index (χ0v) is 20.7. The van der Waals surface area contributed by atoms with E-state index in [-0.39, 0.29) is 30.8 Å². The largest absolute Gasteiger partial charge is 0.347 e. The Morgan fingerprint density at radius 3 is 2.24 bits per heavy atom. The molecule has 178 valence electrons. The van der Waals surface area contributed by atoms with Crippen LogP contribution in [-0.2, 0) is 16.1 Å². The normalized spacial score (nSPS) is 15.4. The molecule has 1 fully saturated rings. The van der Waals surface area contributed by atoms with Gasteiger partial charge in [0.2, 0.25) is 0 Å². The number of hydrogen-bond acceptors (Lipinski definition) is 4. The topological polar surface area (TPSA) is 78.5 Å². The van der Waals surface area contributed by atoms with Crippen LogP contribution in [0.25, 0.3) is 0 Å². The summed E-state index contributed by atoms with van der Waals surface area (Å²) >= 11 is 1.34. The number of nitrogens with zero attached hydrogens (tertiary/aromatic N) is 2. The monoisotopic (exact) mass is 471 g/mol. The number of hydrogen-bond donors (Lipinski definition) is 2. The smallest absolute Gasteiger partial charge is 0.279 e. The zero-order valence-electron chi connectivity index (χ0n) is 19.9. The van der Waals surface area contributed by atoms with E-state index < -0.39 is 0 Å². The molecule has 0 atom stereocenters. The molecule has 2 heterocycles. The van der Waals surface area contributed by atoms with Crippen molar-refractivity contribution in [2.24, 2.45) is 0 Å². The summed E-state index contributed by atoms with van der Waals surface area (Å²) in [5.41, 5.74) is 2.52. The van der Waals surface area contributed by atoms with E-state index in [1.807, 2.05) is 42.6 Å². The van der Waals surface area contributed by atoms with Gasteiger partial charge in [0.05, 0.1) is 18.8 Å². The lowest BCUT2D eigenvalue weighted by Crippen LogP contribution is -2.57. The summed E-state index contributed by atoms with van der Waals surface area (Å²) in [5, 5.41) is 7.90. The summed E-state index contributed by atoms with van der Waals surface area (Å²) in [6.45, 7) is 4.49. The van der Waals surface area contributed by atoms with Crippen LogP contribution < -0.4 is 10.6 Å². The summed E-state index contributed by atoms with van der Waals surface area (Å²) in [5.74, 6) is -0.312. The van der Waals surface area contributed by atoms with Crippen LogP contribution in [0.15, 0.2) is 35.7 Å². The zero-order chi connectivity index (χ0) is 23.8. The van der Waals surface area contributed by atoms with Crippen molar-refractivity contribution in [3.05, 3.63) is 51.7 Å². The maximum atomic E-state index is 13.2. The summed E-state index contributed by atoms with van der Waals surface area (Å²) in [6.07, 6.45) is 4.25. The third kappa shape index (κ3) is 6.88. The Morgan fingerprint density at radius 1 is 0.970 bits per heavy atom. The molecule has 1 aliphatic heterocycles. The van der Waals surface area contributed by atoms with Crippen LogP contribution in [0, 0.1) is 6.92 Å². The molecule has 0 aliphatic carbocycles. The second-order valence-corrected chi connectivity index (χ2v) is 10.0. The van der Waals surface area contributed by atoms with Gasteiger partial charge < -0.3 is 20.0 Å². The highest BCUT2D eigenvalue weighted by molar-refractivity contribution is 7.13. The number of amides is 3. The predicted molar refractivity (Wildman–Crippen MR) is 132 cm³/mol. The fraction of sp³-hybridized carbons (Fsp3) is 0.480. The number of rotatable bonds is 8. The lowest BCUT2D eigenvalue weighted by Gasteiger charge is -2.36. The molecule has 1 aromatic heterocycles. The van der Waals surface area contributed by atoms with E-state index in [4.69, 9.17) is 0 Å². The fourth-order valence-corrected chi connectivity index (χ4v) is 5.36. The number of quaternary nitrogens is 1. The van der Waals surface area contributed by atoms with Crippen molar-refractivity contribution in [2.75, 3.05) is 45.6 Å². The summed E-state index contributed by atoms with van der Waals surface area (Å²) < 4.78 is 0.451. The van der Waals surface area contributed by atoms with Crippen molar-refractivity contribution in [3.63, 3.8) is 0 Å². The van der Waals surface area contributed by atoms with Gasteiger partial charge in [-0.1, -0.05) is 30.3 Å². The number of nitrogens with one attached hydrogen (secondary N) is 2. The average molecular weight is 472 g/mol. The Kier molecular flexibility index (Phi) is 8.63. The van der Waals surface area contributed by atoms with Gasteiger partial charge in [0.15, 0.2) is 13.1 Å². The van der Waals surface area contributed by atoms with E-state index >= 15 is 0 Å². The van der Waals surface area contributed by atoms with E-state index in [1.165, 1.54) is 16.2 Å². The first-order chi connectivity index (χ1) is 15.8. The second-order valence-electron chi connectivity index (χ2n) is 9.15. The van der Waals surface area contributed by atoms with E-state index in [1.54, 1.807) is 14.1 Å². The second kappa shape index (κ2) is 11.4. The molecule has 2 aromatic rings. The lowest BCUT2D eigenvalue weighted by atomic mass is 10.2. The van der Waals surface area contributed by atoms with Crippen LogP contribution in [0.1, 0.15) is 46.5 Å². The molecule has 33 heavy (non-hydrogen) atoms. The molecule has 0 unspecified atom stereocenters. The SMILES string of the molecule is Cc1csc(C(=O)N(C)C)c1NC(=O)C[N+]1(CC(=O)NCc2ccccc2)CCCCCC1. The molecule has 0 radical (unpaired) electrons. The molecule has 3 rings (SSSR count). The molecule has 8 heteroatoms. The first-order valence-corrected chi connectivity index (χ1v) is 12.4. The van der Waals surface area contributed by atoms with Crippen LogP contribution >= 0.6 is 11.3 Å². The maximum absolute atomic E-state index is 13.2. The molecule has 0 bridgehead atoms. The third-order valence-electron chi connectivity index (χ3n) is 6.15. The average Bonchev–Trinajstić information content (AvgIpc) is 2.99. The molecular formula is C25H35N4O3S+. The third-order valence-corrected chi connectivity index (χ3v) is 7.23. The highest BCUT2D eigenvalue weighted by Crippen LogP contribution is 2.29. The quantitative estimate of drug-likeness (QED) is 0.579. The molecule has 7 nitrogen and oxygen atoms in total. The van der Waals surface area contributed by atoms with E-state index in [2.05, 4.69) is 10.6 Å². The van der Waals surface area contributed by atoms with Crippen molar-refractivity contribution < 1.29 is 18.9 Å². The van der Waals surface area contributed by atoms with E-state index in [0.29, 0.717) is 21.6 Å². The van der Waals surface area contributed by atoms with Crippen molar-refractivity contribution >= 4 is 34.7 Å². The van der Waals surface area contributed by atoms with Gasteiger partial charge in [0.1, 0.15) is 4.88 Å². The van der Waals surface area contributed by atoms with Gasteiger partial charge in [0, 0.05) is 20.6 Å². The summed E-state index contributed by atoms with van der Waals surface area (Å²) in [4.78, 5) is 40.6. The minimum atomic E-state index is -0.151. The number of anilines is 1. The van der Waals surface area contributed by atoms with Crippen molar-refractivity contribution in [1.82, 2.24) is 10.2 Å². The van der Waals surface area contributed by atoms with E-state index in [0.717, 1.165) is 49.9 Å². The van der Waals surface area contributed by atoms with Gasteiger partial charge >= 0.3 is 0 Å². The van der Waals surface area contributed by atoms with Crippen LogP contribution in [-0.4, -0.2) is 67.4 Å². The molecule has 3 amide bonds. The van der Waals surface area contributed by atoms with Gasteiger partial charge in [-0.05, 0) is 49.1 Å². The molecule has 0 spiro atoms. The van der Waals surface area contributed by atoms with Crippen molar-refractivity contribution in [2.45, 2.75) is 39.2 Å². The molecule has 0 saturated carbocycles. The first-order valence-electron chi connectivity index (χ1n) is 11.5. The minimum Gasteiger partial charge on any atom is -0.347 e. The fourth-order valence-electron chi connectivity index (χ4n) is 4.33. The summed E-state index contributed by atoms with van der Waals surface area (Å²) in [7, 11) is 3.41. The Bertz CT molecular complexity index is 963. The standard InChI is InChI=1S/C25H34N4O3S/c1-19-18-33-24(25(32)28(2)3)23(19)27-22(31)17-29(13-9-4-5-10-14-29)16-21(30)26-15-20-11-7-6-8-12-20/h6-8,11-12,18H,4-5,9-10,13-17H2,1-3H3,(H-,26,27,30,31,32)/p+1. The number of carbonyl (C=O) groups excluding carboxylic acids is 3. The molecule has 1 aliphatic rings. The van der Waals surface area contributed by atoms with Crippen LogP contribution in [0.2, 0.25) is 0 Å². The Hall–Kier alpha value is -2.71. The van der Waals surface area contributed by atoms with E-state index in [9.17, 15) is 14.4 Å². The Morgan fingerprint density at radius 2 is 1.61 bits per heavy atom. The van der Waals surface area contributed by atoms with Crippen molar-refractivity contribution in [3.8, 4) is 0 Å². The lowest BCUT2D eigenvalue weighted by molar-refractivity contribution is -0.912. The Balaban J connectivity index is 1.69. The van der Waals surface area contributed by atoms with Crippen LogP contribution in [0.3, 0.4) is 0 Å². The summed E-state index contributed by atoms with van der Waals surface area (Å²) in [6, 6.07) is 9.83. The highest BCUT2D eigenvalue weighted by atomic mass is 32.1. The van der Waals surface area contributed by atoms with Gasteiger partial charge in [0.25, 0.3) is 17.7 Å². The molecule has 1 saturated heterocycles. The number of carbonyl (C=O) groups is 3. The number of aryl methyl sites for hydroxylation is 1. The van der Waals surface area contributed by atoms with Crippen LogP contribution in [0.4, 0.5) is 5.69 Å². The van der Waals surface area contributed by atoms with Gasteiger partial charge in [-0.2, -0.15) is 0 Å². The van der Waals surface area contributed by atoms with Gasteiger partial charge in [-0.25, -0.2) is 0 Å². The molecule has 1 aromatic carbocycles.